The summed E-state index contributed by atoms with van der Waals surface area (Å²) in [5, 5.41) is 2.83. The van der Waals surface area contributed by atoms with E-state index in [1.165, 1.54) is 0 Å². The summed E-state index contributed by atoms with van der Waals surface area (Å²) in [6.07, 6.45) is 2.25. The molecule has 1 aromatic rings. The third-order valence-electron chi connectivity index (χ3n) is 4.17. The van der Waals surface area contributed by atoms with Crippen LogP contribution in [0.2, 0.25) is 0 Å². The van der Waals surface area contributed by atoms with Gasteiger partial charge in [-0.15, -0.1) is 0 Å². The van der Waals surface area contributed by atoms with E-state index in [0.717, 1.165) is 37.3 Å². The Morgan fingerprint density at radius 3 is 2.62 bits per heavy atom. The van der Waals surface area contributed by atoms with Crippen LogP contribution in [0.5, 0.6) is 0 Å². The van der Waals surface area contributed by atoms with Crippen LogP contribution in [-0.2, 0) is 0 Å². The van der Waals surface area contributed by atoms with E-state index < -0.39 is 0 Å². The van der Waals surface area contributed by atoms with Gasteiger partial charge in [-0.2, -0.15) is 0 Å². The van der Waals surface area contributed by atoms with Crippen LogP contribution in [0.15, 0.2) is 18.2 Å². The fraction of sp³-hybridized carbons (Fsp3) is 0.562. The third kappa shape index (κ3) is 3.67. The summed E-state index contributed by atoms with van der Waals surface area (Å²) in [6, 6.07) is 6.17. The molecule has 1 heterocycles. The number of carbonyl (C=O) groups excluding carboxylic acids is 1. The highest BCUT2D eigenvalue weighted by Crippen LogP contribution is 2.28. The number of piperidine rings is 1. The smallest absolute Gasteiger partial charge is 0.251 e. The molecular weight excluding hydrogens is 264 g/mol. The normalized spacial score (nSPS) is 16.3. The van der Waals surface area contributed by atoms with Crippen molar-refractivity contribution in [3.05, 3.63) is 23.8 Å². The fourth-order valence-electron chi connectivity index (χ4n) is 2.84. The quantitative estimate of drug-likeness (QED) is 0.826. The van der Waals surface area contributed by atoms with Gasteiger partial charge in [0.2, 0.25) is 0 Å². The lowest BCUT2D eigenvalue weighted by atomic mass is 10.0. The number of hydrogen-bond donors (Lipinski definition) is 2. The Bertz CT molecular complexity index is 493. The van der Waals surface area contributed by atoms with Crippen LogP contribution in [0.25, 0.3) is 0 Å². The highest BCUT2D eigenvalue weighted by Gasteiger charge is 2.22. The average Bonchev–Trinajstić information content (AvgIpc) is 2.48. The van der Waals surface area contributed by atoms with E-state index in [1.54, 1.807) is 6.07 Å². The summed E-state index contributed by atoms with van der Waals surface area (Å²) in [6.45, 7) is 4.51. The molecule has 0 spiro atoms. The number of nitrogen functional groups attached to an aromatic ring is 1. The van der Waals surface area contributed by atoms with Gasteiger partial charge in [-0.25, -0.2) is 0 Å². The summed E-state index contributed by atoms with van der Waals surface area (Å²) in [7, 11) is 4.26. The monoisotopic (exact) mass is 290 g/mol. The van der Waals surface area contributed by atoms with Gasteiger partial charge in [0, 0.05) is 31.2 Å². The first-order chi connectivity index (χ1) is 10.0. The van der Waals surface area contributed by atoms with E-state index in [0.29, 0.717) is 18.2 Å². The van der Waals surface area contributed by atoms with Gasteiger partial charge >= 0.3 is 0 Å². The molecule has 21 heavy (non-hydrogen) atoms. The summed E-state index contributed by atoms with van der Waals surface area (Å²) in [5.74, 6) is -0.0399. The highest BCUT2D eigenvalue weighted by atomic mass is 16.1. The molecule has 1 aliphatic rings. The summed E-state index contributed by atoms with van der Waals surface area (Å²) in [5.41, 5.74) is 8.51. The summed E-state index contributed by atoms with van der Waals surface area (Å²) < 4.78 is 0. The van der Waals surface area contributed by atoms with Crippen molar-refractivity contribution in [2.45, 2.75) is 25.8 Å². The second-order valence-electron chi connectivity index (χ2n) is 5.81. The van der Waals surface area contributed by atoms with E-state index in [9.17, 15) is 4.79 Å². The zero-order valence-electron chi connectivity index (χ0n) is 13.2. The Hall–Kier alpha value is -1.75. The fourth-order valence-corrected chi connectivity index (χ4v) is 2.84. The van der Waals surface area contributed by atoms with Crippen molar-refractivity contribution in [1.82, 2.24) is 10.2 Å². The van der Waals surface area contributed by atoms with Crippen molar-refractivity contribution >= 4 is 17.3 Å². The standard InChI is InChI=1S/C16H26N4O/c1-4-18-16(21)12-5-6-14(17)15(11-12)20-9-7-13(8-10-20)19(2)3/h5-6,11,13H,4,7-10,17H2,1-3H3,(H,18,21). The molecule has 2 rings (SSSR count). The minimum Gasteiger partial charge on any atom is -0.397 e. The van der Waals surface area contributed by atoms with E-state index in [-0.39, 0.29) is 5.91 Å². The largest absolute Gasteiger partial charge is 0.397 e. The zero-order chi connectivity index (χ0) is 15.4. The Morgan fingerprint density at radius 2 is 2.05 bits per heavy atom. The molecule has 0 atom stereocenters. The molecule has 1 amide bonds. The van der Waals surface area contributed by atoms with Gasteiger partial charge < -0.3 is 20.9 Å². The molecule has 0 aromatic heterocycles. The Balaban J connectivity index is 2.13. The minimum atomic E-state index is -0.0399. The molecule has 1 aliphatic heterocycles. The van der Waals surface area contributed by atoms with Gasteiger partial charge in [-0.05, 0) is 52.1 Å². The van der Waals surface area contributed by atoms with Gasteiger partial charge in [-0.1, -0.05) is 0 Å². The van der Waals surface area contributed by atoms with Crippen LogP contribution in [0.4, 0.5) is 11.4 Å². The second-order valence-corrected chi connectivity index (χ2v) is 5.81. The lowest BCUT2D eigenvalue weighted by Gasteiger charge is -2.37. The molecule has 0 saturated carbocycles. The van der Waals surface area contributed by atoms with Gasteiger partial charge in [0.1, 0.15) is 0 Å². The van der Waals surface area contributed by atoms with Crippen molar-refractivity contribution in [2.24, 2.45) is 0 Å². The first-order valence-corrected chi connectivity index (χ1v) is 7.62. The van der Waals surface area contributed by atoms with Gasteiger partial charge in [-0.3, -0.25) is 4.79 Å². The molecule has 1 aromatic carbocycles. The van der Waals surface area contributed by atoms with Crippen LogP contribution in [0.3, 0.4) is 0 Å². The number of anilines is 2. The topological polar surface area (TPSA) is 61.6 Å². The predicted molar refractivity (Wildman–Crippen MR) is 87.8 cm³/mol. The molecule has 5 heteroatoms. The van der Waals surface area contributed by atoms with Crippen LogP contribution in [-0.4, -0.2) is 50.6 Å². The van der Waals surface area contributed by atoms with Crippen molar-refractivity contribution in [2.75, 3.05) is 44.4 Å². The zero-order valence-corrected chi connectivity index (χ0v) is 13.2. The molecule has 116 valence electrons. The van der Waals surface area contributed by atoms with Crippen LogP contribution in [0, 0.1) is 0 Å². The van der Waals surface area contributed by atoms with Crippen LogP contribution < -0.4 is 16.0 Å². The average molecular weight is 290 g/mol. The number of rotatable bonds is 4. The molecule has 0 unspecified atom stereocenters. The van der Waals surface area contributed by atoms with Crippen LogP contribution in [0.1, 0.15) is 30.1 Å². The lowest BCUT2D eigenvalue weighted by Crippen LogP contribution is -2.42. The van der Waals surface area contributed by atoms with Crippen molar-refractivity contribution < 1.29 is 4.79 Å². The number of hydrogen-bond acceptors (Lipinski definition) is 4. The predicted octanol–water partition coefficient (Wildman–Crippen LogP) is 1.55. The van der Waals surface area contributed by atoms with Gasteiger partial charge in [0.25, 0.3) is 5.91 Å². The number of amides is 1. The number of nitrogens with one attached hydrogen (secondary N) is 1. The van der Waals surface area contributed by atoms with Crippen molar-refractivity contribution in [3.63, 3.8) is 0 Å². The van der Waals surface area contributed by atoms with E-state index in [1.807, 2.05) is 19.1 Å². The highest BCUT2D eigenvalue weighted by molar-refractivity contribution is 5.96. The Kier molecular flexibility index (Phi) is 5.07. The number of nitrogens with two attached hydrogens (primary N) is 1. The number of carbonyl (C=O) groups is 1. The van der Waals surface area contributed by atoms with Crippen molar-refractivity contribution in [1.29, 1.82) is 0 Å². The molecule has 0 radical (unpaired) electrons. The first-order valence-electron chi connectivity index (χ1n) is 7.62. The Morgan fingerprint density at radius 1 is 1.38 bits per heavy atom. The molecular formula is C16H26N4O. The third-order valence-corrected chi connectivity index (χ3v) is 4.17. The maximum Gasteiger partial charge on any atom is 0.251 e. The SMILES string of the molecule is CCNC(=O)c1ccc(N)c(N2CCC(N(C)C)CC2)c1. The Labute approximate surface area is 127 Å². The number of nitrogens with zero attached hydrogens (tertiary/aromatic N) is 2. The van der Waals surface area contributed by atoms with Crippen LogP contribution >= 0.6 is 0 Å². The molecule has 1 fully saturated rings. The first kappa shape index (κ1) is 15.6. The van der Waals surface area contributed by atoms with Crippen molar-refractivity contribution in [3.8, 4) is 0 Å². The summed E-state index contributed by atoms with van der Waals surface area (Å²) >= 11 is 0. The summed E-state index contributed by atoms with van der Waals surface area (Å²) in [4.78, 5) is 16.5. The molecule has 3 N–H and O–H groups in total. The number of benzene rings is 1. The maximum absolute atomic E-state index is 12.0. The minimum absolute atomic E-state index is 0.0399. The molecule has 0 aliphatic carbocycles. The van der Waals surface area contributed by atoms with E-state index >= 15 is 0 Å². The maximum atomic E-state index is 12.0. The lowest BCUT2D eigenvalue weighted by molar-refractivity contribution is 0.0956. The molecule has 0 bridgehead atoms. The van der Waals surface area contributed by atoms with Gasteiger partial charge in [0.05, 0.1) is 11.4 Å². The molecule has 5 nitrogen and oxygen atoms in total. The van der Waals surface area contributed by atoms with E-state index in [4.69, 9.17) is 5.73 Å². The second kappa shape index (κ2) is 6.80. The molecule has 1 saturated heterocycles. The van der Waals surface area contributed by atoms with E-state index in [2.05, 4.69) is 29.2 Å². The van der Waals surface area contributed by atoms with Gasteiger partial charge in [0.15, 0.2) is 0 Å².